The van der Waals surface area contributed by atoms with Crippen LogP contribution in [0.3, 0.4) is 0 Å². The molecule has 0 fully saturated rings. The van der Waals surface area contributed by atoms with Gasteiger partial charge in [0.05, 0.1) is 67.6 Å². The Labute approximate surface area is 720 Å². The van der Waals surface area contributed by atoms with E-state index < -0.39 is 0 Å². The molecule has 0 spiro atoms. The van der Waals surface area contributed by atoms with Gasteiger partial charge < -0.3 is 18.9 Å². The van der Waals surface area contributed by atoms with Gasteiger partial charge in [-0.15, -0.1) is 0 Å². The minimum Gasteiger partial charge on any atom is -0.309 e. The van der Waals surface area contributed by atoms with E-state index >= 15 is 0 Å². The highest BCUT2D eigenvalue weighted by molar-refractivity contribution is 6.14. The summed E-state index contributed by atoms with van der Waals surface area (Å²) in [7, 11) is 0. The summed E-state index contributed by atoms with van der Waals surface area (Å²) < 4.78 is 4.88. The summed E-state index contributed by atoms with van der Waals surface area (Å²) in [6.45, 7) is 18.9. The third-order valence-electron chi connectivity index (χ3n) is 27.4. The van der Waals surface area contributed by atoms with Crippen molar-refractivity contribution >= 4 is 77.7 Å². The maximum Gasteiger partial charge on any atom is 0.166 e. The quantitative estimate of drug-likeness (QED) is 0.126. The molecule has 590 valence electrons. The smallest absolute Gasteiger partial charge is 0.166 e. The molecule has 0 saturated carbocycles. The molecule has 0 N–H and O–H groups in total. The predicted octanol–water partition coefficient (Wildman–Crippen LogP) is 28.8. The molecule has 0 unspecified atom stereocenters. The first-order valence-corrected chi connectivity index (χ1v) is 43.0. The largest absolute Gasteiger partial charge is 0.309 e. The Balaban J connectivity index is 0.627. The zero-order chi connectivity index (χ0) is 83.2. The van der Waals surface area contributed by atoms with Crippen molar-refractivity contribution in [3.05, 3.63) is 408 Å². The third-order valence-corrected chi connectivity index (χ3v) is 27.4. The lowest BCUT2D eigenvalue weighted by molar-refractivity contribution is 0.632. The summed E-state index contributed by atoms with van der Waals surface area (Å²) in [5, 5.41) is 4.75. The predicted molar refractivity (Wildman–Crippen MR) is 509 cm³/mol. The van der Waals surface area contributed by atoms with Crippen molar-refractivity contribution in [1.82, 2.24) is 39.0 Å². The van der Waals surface area contributed by atoms with E-state index in [-0.39, 0.29) is 21.7 Å². The van der Waals surface area contributed by atoms with Crippen LogP contribution >= 0.6 is 0 Å². The minimum absolute atomic E-state index is 0.159. The van der Waals surface area contributed by atoms with Crippen molar-refractivity contribution < 1.29 is 0 Å². The van der Waals surface area contributed by atoms with E-state index in [1.54, 1.807) is 0 Å². The van der Waals surface area contributed by atoms with Crippen molar-refractivity contribution in [3.63, 3.8) is 0 Å². The molecule has 4 aromatic heterocycles. The highest BCUT2D eigenvalue weighted by Crippen LogP contribution is 2.59. The molecule has 16 aromatic carbocycles. The lowest BCUT2D eigenvalue weighted by Crippen LogP contribution is -2.31. The van der Waals surface area contributed by atoms with Crippen molar-refractivity contribution in [2.75, 3.05) is 9.80 Å². The van der Waals surface area contributed by atoms with Crippen LogP contribution in [0.25, 0.3) is 157 Å². The van der Waals surface area contributed by atoms with Crippen LogP contribution in [0.1, 0.15) is 99.9 Å². The van der Waals surface area contributed by atoms with E-state index in [1.807, 2.05) is 12.1 Å². The second kappa shape index (κ2) is 27.1. The average Bonchev–Trinajstić information content (AvgIpc) is 1.35. The first-order valence-electron chi connectivity index (χ1n) is 43.0. The van der Waals surface area contributed by atoms with Gasteiger partial charge in [0.15, 0.2) is 34.9 Å². The van der Waals surface area contributed by atoms with Crippen molar-refractivity contribution in [3.8, 4) is 113 Å². The molecule has 2 aliphatic heterocycles. The highest BCUT2D eigenvalue weighted by Gasteiger charge is 2.43. The Kier molecular flexibility index (Phi) is 15.9. The number of benzene rings is 16. The summed E-state index contributed by atoms with van der Waals surface area (Å²) in [4.78, 5) is 38.2. The van der Waals surface area contributed by atoms with E-state index in [0.29, 0.717) is 34.9 Å². The van der Waals surface area contributed by atoms with Crippen LogP contribution in [-0.2, 0) is 21.7 Å². The van der Waals surface area contributed by atoms with E-state index in [4.69, 9.17) is 29.9 Å². The molecule has 20 aromatic rings. The van der Waals surface area contributed by atoms with Crippen LogP contribution in [0.5, 0.6) is 0 Å². The highest BCUT2D eigenvalue weighted by atomic mass is 15.2. The Morgan fingerprint density at radius 2 is 0.468 bits per heavy atom. The fourth-order valence-corrected chi connectivity index (χ4v) is 21.2. The second-order valence-electron chi connectivity index (χ2n) is 35.7. The van der Waals surface area contributed by atoms with Crippen molar-refractivity contribution in [2.24, 2.45) is 0 Å². The van der Waals surface area contributed by atoms with Gasteiger partial charge in [0.2, 0.25) is 0 Å². The summed E-state index contributed by atoms with van der Waals surface area (Å²) >= 11 is 0. The van der Waals surface area contributed by atoms with Crippen LogP contribution in [0.2, 0.25) is 0 Å². The van der Waals surface area contributed by atoms with Gasteiger partial charge in [-0.25, -0.2) is 29.9 Å². The molecule has 0 saturated heterocycles. The number of nitrogens with zero attached hydrogens (tertiary/aromatic N) is 10. The van der Waals surface area contributed by atoms with Crippen LogP contribution in [0, 0.1) is 0 Å². The standard InChI is InChI=1S/C114H84N10/c1-111(2)85-46-22-15-39-73(85)81-67-102-83(65-91(81)111)75-40-16-26-50-93(75)121(102)95-52-28-18-42-77(95)107-115-105(69-35-11-9-12-36-69)116-108(119-107)78-43-19-29-53-96(78)122-94-51-27-17-41-76(94)84-66-92-82(68-103(84)122)74-61-59-71(63-90(74)114(92,7)8)72-60-62-89-104(64-72)124(101-58-34-25-49-88(101)113(89,5)6)98-55-31-21-45-80(98)110-118-106(70-37-13-10-14-38-70)117-109(120-110)79-44-20-30-54-97(79)123-99-56-32-23-47-86(99)112(3,4)87-48-24-33-57-100(87)123/h9-68H,1-8H3. The molecule has 0 atom stereocenters. The van der Waals surface area contributed by atoms with Gasteiger partial charge in [0.1, 0.15) is 0 Å². The topological polar surface area (TPSA) is 93.7 Å². The Morgan fingerprint density at radius 1 is 0.169 bits per heavy atom. The van der Waals surface area contributed by atoms with Gasteiger partial charge in [0.25, 0.3) is 0 Å². The molecular weight excluding hydrogens is 1510 g/mol. The van der Waals surface area contributed by atoms with Crippen molar-refractivity contribution in [1.29, 1.82) is 0 Å². The first kappa shape index (κ1) is 72.7. The number of hydrogen-bond acceptors (Lipinski definition) is 8. The number of anilines is 6. The third kappa shape index (κ3) is 10.8. The molecule has 124 heavy (non-hydrogen) atoms. The molecule has 10 nitrogen and oxygen atoms in total. The van der Waals surface area contributed by atoms with E-state index in [9.17, 15) is 0 Å². The molecule has 0 bridgehead atoms. The second-order valence-corrected chi connectivity index (χ2v) is 35.7. The monoisotopic (exact) mass is 1590 g/mol. The minimum atomic E-state index is -0.384. The fourth-order valence-electron chi connectivity index (χ4n) is 21.2. The molecule has 2 aliphatic carbocycles. The normalized spacial score (nSPS) is 14.5. The van der Waals surface area contributed by atoms with E-state index in [0.717, 1.165) is 112 Å². The molecule has 6 heterocycles. The first-order chi connectivity index (χ1) is 60.5. The molecular formula is C114H84N10. The summed E-state index contributed by atoms with van der Waals surface area (Å²) in [5.41, 5.74) is 34.4. The average molecular weight is 1590 g/mol. The molecule has 10 heteroatoms. The molecule has 4 aliphatic rings. The van der Waals surface area contributed by atoms with Crippen LogP contribution in [-0.4, -0.2) is 39.0 Å². The lowest BCUT2D eigenvalue weighted by atomic mass is 9.73. The van der Waals surface area contributed by atoms with Gasteiger partial charge in [-0.1, -0.05) is 304 Å². The van der Waals surface area contributed by atoms with E-state index in [1.165, 1.54) is 88.3 Å². The maximum atomic E-state index is 5.68. The molecule has 0 radical (unpaired) electrons. The van der Waals surface area contributed by atoms with Crippen LogP contribution < -0.4 is 9.80 Å². The summed E-state index contributed by atoms with van der Waals surface area (Å²) in [5.74, 6) is 3.48. The number of aromatic nitrogens is 8. The van der Waals surface area contributed by atoms with Crippen LogP contribution in [0.4, 0.5) is 34.1 Å². The maximum absolute atomic E-state index is 5.68. The Bertz CT molecular complexity index is 7850. The fraction of sp³-hybridized carbons (Fsp3) is 0.105. The SMILES string of the molecule is CC1(C)c2ccccc2-c2cc3c(cc21)c1ccccc1n3-c1ccccc1-c1nc(-c2ccccc2)nc(-c2ccccc2-n2c3ccccc3c3cc4c(cc32)-c2ccc(-c3ccc5c(c3)N(c3ccccc3-c3nc(-c6ccccc6)nc(-c6ccccc6N6c7ccccc7C(C)(C)c7ccccc76)n3)c3ccccc3C5(C)C)cc2C4(C)C)n1. The van der Waals surface area contributed by atoms with Gasteiger partial charge >= 0.3 is 0 Å². The zero-order valence-electron chi connectivity index (χ0n) is 70.1. The summed E-state index contributed by atoms with van der Waals surface area (Å²) in [6.07, 6.45) is 0. The Morgan fingerprint density at radius 3 is 0.919 bits per heavy atom. The Hall–Kier alpha value is -15.3. The molecule has 24 rings (SSSR count). The summed E-state index contributed by atoms with van der Waals surface area (Å²) in [6, 6.07) is 132. The van der Waals surface area contributed by atoms with Gasteiger partial charge in [0, 0.05) is 76.6 Å². The van der Waals surface area contributed by atoms with Crippen LogP contribution in [0.15, 0.2) is 364 Å². The zero-order valence-corrected chi connectivity index (χ0v) is 70.1. The van der Waals surface area contributed by atoms with E-state index in [2.05, 4.69) is 426 Å². The number of para-hydroxylation sites is 9. The lowest BCUT2D eigenvalue weighted by Gasteiger charge is -2.42. The molecule has 0 amide bonds. The van der Waals surface area contributed by atoms with Gasteiger partial charge in [-0.2, -0.15) is 0 Å². The number of hydrogen-bond donors (Lipinski definition) is 0. The van der Waals surface area contributed by atoms with Gasteiger partial charge in [-0.05, 0) is 193 Å². The van der Waals surface area contributed by atoms with Gasteiger partial charge in [-0.3, -0.25) is 0 Å². The number of fused-ring (bicyclic) bond motifs is 16. The van der Waals surface area contributed by atoms with Crippen molar-refractivity contribution in [2.45, 2.75) is 77.0 Å². The number of rotatable bonds is 11.